The minimum absolute atomic E-state index is 0.0134. The number of hydrogen-bond donors (Lipinski definition) is 2. The van der Waals surface area contributed by atoms with Crippen LogP contribution in [-0.4, -0.2) is 37.0 Å². The van der Waals surface area contributed by atoms with E-state index in [2.05, 4.69) is 32.6 Å². The van der Waals surface area contributed by atoms with Crippen LogP contribution >= 0.6 is 15.9 Å². The van der Waals surface area contributed by atoms with E-state index in [1.165, 1.54) is 17.2 Å². The highest BCUT2D eigenvalue weighted by atomic mass is 79.9. The molecule has 1 aromatic carbocycles. The molecule has 0 spiro atoms. The first-order valence-electron chi connectivity index (χ1n) is 10.3. The van der Waals surface area contributed by atoms with Crippen LogP contribution in [0, 0.1) is 12.8 Å². The number of hydrogen-bond acceptors (Lipinski definition) is 4. The molecule has 6 nitrogen and oxygen atoms in total. The van der Waals surface area contributed by atoms with Gasteiger partial charge in [0.15, 0.2) is 0 Å². The van der Waals surface area contributed by atoms with Gasteiger partial charge in [-0.3, -0.25) is 9.59 Å². The molecule has 1 aliphatic heterocycles. The molecule has 2 N–H and O–H groups in total. The molecule has 2 amide bonds. The molecule has 1 heterocycles. The fourth-order valence-corrected chi connectivity index (χ4v) is 4.56. The molecule has 160 valence electrons. The van der Waals surface area contributed by atoms with Crippen molar-refractivity contribution in [3.8, 4) is 0 Å². The fraction of sp³-hybridized carbons (Fsp3) is 0.435. The van der Waals surface area contributed by atoms with Crippen molar-refractivity contribution < 1.29 is 19.1 Å². The van der Waals surface area contributed by atoms with Gasteiger partial charge in [-0.1, -0.05) is 45.8 Å². The third-order valence-electron chi connectivity index (χ3n) is 5.37. The van der Waals surface area contributed by atoms with Crippen LogP contribution in [0.3, 0.4) is 0 Å². The van der Waals surface area contributed by atoms with Crippen LogP contribution in [0.25, 0.3) is 6.08 Å². The average molecular weight is 475 g/mol. The number of fused-ring (bicyclic) bond motifs is 1. The Bertz CT molecular complexity index is 893. The van der Waals surface area contributed by atoms with E-state index in [1.54, 1.807) is 13.0 Å². The Morgan fingerprint density at radius 3 is 2.90 bits per heavy atom. The number of nitrogens with one attached hydrogen (secondary N) is 2. The summed E-state index contributed by atoms with van der Waals surface area (Å²) in [5.41, 5.74) is 4.04. The van der Waals surface area contributed by atoms with Gasteiger partial charge in [-0.05, 0) is 50.3 Å². The largest absolute Gasteiger partial charge is 0.463 e. The summed E-state index contributed by atoms with van der Waals surface area (Å²) in [7, 11) is 0. The molecule has 0 radical (unpaired) electrons. The zero-order chi connectivity index (χ0) is 21.7. The zero-order valence-electron chi connectivity index (χ0n) is 17.2. The van der Waals surface area contributed by atoms with Gasteiger partial charge in [0, 0.05) is 35.0 Å². The van der Waals surface area contributed by atoms with E-state index >= 15 is 0 Å². The quantitative estimate of drug-likeness (QED) is 0.360. The molecule has 2 aliphatic rings. The number of alkyl halides is 1. The van der Waals surface area contributed by atoms with Crippen molar-refractivity contribution in [2.24, 2.45) is 5.92 Å². The van der Waals surface area contributed by atoms with E-state index in [-0.39, 0.29) is 29.2 Å². The molecule has 0 aromatic heterocycles. The first-order chi connectivity index (χ1) is 14.4. The van der Waals surface area contributed by atoms with Crippen LogP contribution in [0.5, 0.6) is 0 Å². The Labute approximate surface area is 185 Å². The minimum atomic E-state index is -0.464. The number of ether oxygens (including phenoxy) is 1. The second-order valence-corrected chi connectivity index (χ2v) is 8.78. The Balaban J connectivity index is 1.75. The van der Waals surface area contributed by atoms with Crippen LogP contribution in [-0.2, 0) is 19.1 Å². The molecule has 30 heavy (non-hydrogen) atoms. The van der Waals surface area contributed by atoms with Gasteiger partial charge in [0.1, 0.15) is 0 Å². The molecule has 7 heteroatoms. The number of carbonyl (C=O) groups excluding carboxylic acids is 3. The highest BCUT2D eigenvalue weighted by molar-refractivity contribution is 9.09. The third kappa shape index (κ3) is 5.59. The van der Waals surface area contributed by atoms with Crippen molar-refractivity contribution in [2.45, 2.75) is 44.0 Å². The number of rotatable bonds is 7. The average Bonchev–Trinajstić information content (AvgIpc) is 3.11. The summed E-state index contributed by atoms with van der Waals surface area (Å²) in [5.74, 6) is -0.854. The van der Waals surface area contributed by atoms with Crippen LogP contribution in [0.15, 0.2) is 35.9 Å². The van der Waals surface area contributed by atoms with Crippen molar-refractivity contribution in [1.29, 1.82) is 0 Å². The van der Waals surface area contributed by atoms with Gasteiger partial charge in [-0.2, -0.15) is 0 Å². The van der Waals surface area contributed by atoms with Crippen molar-refractivity contribution in [1.82, 2.24) is 10.6 Å². The van der Waals surface area contributed by atoms with E-state index in [1.807, 2.05) is 25.1 Å². The molecule has 1 aromatic rings. The van der Waals surface area contributed by atoms with Crippen LogP contribution in [0.4, 0.5) is 0 Å². The highest BCUT2D eigenvalue weighted by Gasteiger charge is 2.29. The number of carbonyl (C=O) groups is 3. The predicted molar refractivity (Wildman–Crippen MR) is 119 cm³/mol. The maximum atomic E-state index is 13.0. The summed E-state index contributed by atoms with van der Waals surface area (Å²) in [6, 6.07) is 5.74. The van der Waals surface area contributed by atoms with Gasteiger partial charge in [0.05, 0.1) is 6.61 Å². The first-order valence-corrected chi connectivity index (χ1v) is 11.2. The molecule has 1 aliphatic carbocycles. The van der Waals surface area contributed by atoms with Gasteiger partial charge >= 0.3 is 5.97 Å². The Hall–Kier alpha value is -2.41. The maximum Gasteiger partial charge on any atom is 0.330 e. The number of amides is 2. The number of esters is 1. The number of aryl methyl sites for hydroxylation is 1. The summed E-state index contributed by atoms with van der Waals surface area (Å²) in [4.78, 5) is 36.8. The molecule has 0 bridgehead atoms. The monoisotopic (exact) mass is 474 g/mol. The lowest BCUT2D eigenvalue weighted by Gasteiger charge is -2.24. The fourth-order valence-electron chi connectivity index (χ4n) is 3.81. The first kappa shape index (κ1) is 22.3. The molecule has 3 atom stereocenters. The van der Waals surface area contributed by atoms with E-state index in [0.29, 0.717) is 25.0 Å². The molecular weight excluding hydrogens is 448 g/mol. The summed E-state index contributed by atoms with van der Waals surface area (Å²) in [6.45, 7) is 4.70. The summed E-state index contributed by atoms with van der Waals surface area (Å²) in [6.07, 6.45) is 6.58. The van der Waals surface area contributed by atoms with Gasteiger partial charge in [-0.15, -0.1) is 0 Å². The van der Waals surface area contributed by atoms with Crippen LogP contribution in [0.1, 0.15) is 47.7 Å². The molecule has 1 saturated heterocycles. The lowest BCUT2D eigenvalue weighted by Crippen LogP contribution is -2.37. The number of halogens is 1. The minimum Gasteiger partial charge on any atom is -0.463 e. The highest BCUT2D eigenvalue weighted by Crippen LogP contribution is 2.38. The van der Waals surface area contributed by atoms with Gasteiger partial charge in [0.2, 0.25) is 11.8 Å². The van der Waals surface area contributed by atoms with E-state index < -0.39 is 12.0 Å². The van der Waals surface area contributed by atoms with Crippen molar-refractivity contribution in [3.63, 3.8) is 0 Å². The standard InChI is InChI=1S/C23H27BrN2O4/c1-3-30-21(27)7-6-18(12-16-8-9-25-22(16)28)26-23(29)17-11-15-5-4-14(2)10-19(15)20(24)13-17/h4-7,10-11,16,18,20H,3,8-9,12-13H2,1-2H3,(H,25,28)(H,26,29)/b7-6+/t16-,18+,20?/m0/s1. The molecular formula is C23H27BrN2O4. The summed E-state index contributed by atoms with van der Waals surface area (Å²) in [5, 5.41) is 5.80. The second-order valence-electron chi connectivity index (χ2n) is 7.68. The number of benzene rings is 1. The van der Waals surface area contributed by atoms with E-state index in [9.17, 15) is 14.4 Å². The lowest BCUT2D eigenvalue weighted by molar-refractivity contribution is -0.137. The van der Waals surface area contributed by atoms with Crippen molar-refractivity contribution in [3.05, 3.63) is 52.6 Å². The van der Waals surface area contributed by atoms with Crippen LogP contribution < -0.4 is 10.6 Å². The second kappa shape index (κ2) is 10.1. The molecule has 0 saturated carbocycles. The van der Waals surface area contributed by atoms with Gasteiger partial charge in [-0.25, -0.2) is 4.79 Å². The predicted octanol–water partition coefficient (Wildman–Crippen LogP) is 3.35. The van der Waals surface area contributed by atoms with Crippen molar-refractivity contribution in [2.75, 3.05) is 13.2 Å². The molecule has 3 rings (SSSR count). The molecule has 1 fully saturated rings. The smallest absolute Gasteiger partial charge is 0.330 e. The Kier molecular flexibility index (Phi) is 7.48. The summed E-state index contributed by atoms with van der Waals surface area (Å²) < 4.78 is 4.93. The van der Waals surface area contributed by atoms with E-state index in [0.717, 1.165) is 12.0 Å². The van der Waals surface area contributed by atoms with Crippen LogP contribution in [0.2, 0.25) is 0 Å². The normalized spacial score (nSPS) is 21.6. The van der Waals surface area contributed by atoms with Gasteiger partial charge < -0.3 is 15.4 Å². The van der Waals surface area contributed by atoms with Crippen molar-refractivity contribution >= 4 is 39.8 Å². The molecule has 1 unspecified atom stereocenters. The Morgan fingerprint density at radius 1 is 1.40 bits per heavy atom. The van der Waals surface area contributed by atoms with E-state index in [4.69, 9.17) is 4.74 Å². The summed E-state index contributed by atoms with van der Waals surface area (Å²) >= 11 is 3.69. The zero-order valence-corrected chi connectivity index (χ0v) is 18.8. The topological polar surface area (TPSA) is 84.5 Å². The lowest BCUT2D eigenvalue weighted by atomic mass is 9.90. The Morgan fingerprint density at radius 2 is 2.20 bits per heavy atom. The SMILES string of the molecule is CCOC(=O)/C=C/[C@H](C[C@@H]1CCNC1=O)NC(=O)C1=Cc2ccc(C)cc2C(Br)C1. The maximum absolute atomic E-state index is 13.0. The third-order valence-corrected chi connectivity index (χ3v) is 6.19. The van der Waals surface area contributed by atoms with Gasteiger partial charge in [0.25, 0.3) is 0 Å².